The van der Waals surface area contributed by atoms with Crippen molar-refractivity contribution in [1.29, 1.82) is 0 Å². The zero-order valence-electron chi connectivity index (χ0n) is 7.70. The molecule has 0 aromatic heterocycles. The van der Waals surface area contributed by atoms with Gasteiger partial charge in [-0.25, -0.2) is 0 Å². The summed E-state index contributed by atoms with van der Waals surface area (Å²) in [6, 6.07) is 0. The number of ether oxygens (including phenoxy) is 1. The lowest BCUT2D eigenvalue weighted by Gasteiger charge is -2.18. The van der Waals surface area contributed by atoms with Crippen LogP contribution in [0, 0.1) is 0 Å². The lowest BCUT2D eigenvalue weighted by atomic mass is 10.3. The first-order valence-corrected chi connectivity index (χ1v) is 4.64. The molecule has 0 radical (unpaired) electrons. The van der Waals surface area contributed by atoms with E-state index in [1.54, 1.807) is 4.90 Å². The summed E-state index contributed by atoms with van der Waals surface area (Å²) < 4.78 is 5.17. The molecule has 0 unspecified atom stereocenters. The average Bonchev–Trinajstić information content (AvgIpc) is 2.32. The van der Waals surface area contributed by atoms with Crippen molar-refractivity contribution in [3.8, 4) is 0 Å². The lowest BCUT2D eigenvalue weighted by Crippen LogP contribution is -2.32. The summed E-state index contributed by atoms with van der Waals surface area (Å²) in [5.41, 5.74) is 0. The molecule has 4 nitrogen and oxygen atoms in total. The SMILES string of the molecule is O=CCCCN1CCOCCC1=O. The van der Waals surface area contributed by atoms with Crippen molar-refractivity contribution in [2.75, 3.05) is 26.3 Å². The first kappa shape index (κ1) is 10.2. The first-order valence-electron chi connectivity index (χ1n) is 4.64. The van der Waals surface area contributed by atoms with Gasteiger partial charge in [-0.2, -0.15) is 0 Å². The Morgan fingerprint density at radius 3 is 3.08 bits per heavy atom. The second kappa shape index (κ2) is 5.70. The third kappa shape index (κ3) is 3.55. The molecule has 1 amide bonds. The normalized spacial score (nSPS) is 18.5. The second-order valence-corrected chi connectivity index (χ2v) is 3.05. The maximum absolute atomic E-state index is 11.4. The summed E-state index contributed by atoms with van der Waals surface area (Å²) in [5, 5.41) is 0. The van der Waals surface area contributed by atoms with E-state index in [4.69, 9.17) is 4.74 Å². The van der Waals surface area contributed by atoms with Gasteiger partial charge in [-0.15, -0.1) is 0 Å². The Hall–Kier alpha value is -0.900. The second-order valence-electron chi connectivity index (χ2n) is 3.05. The van der Waals surface area contributed by atoms with E-state index in [2.05, 4.69) is 0 Å². The van der Waals surface area contributed by atoms with Crippen molar-refractivity contribution in [3.63, 3.8) is 0 Å². The summed E-state index contributed by atoms with van der Waals surface area (Å²) >= 11 is 0. The van der Waals surface area contributed by atoms with Gasteiger partial charge in [0.05, 0.1) is 19.6 Å². The topological polar surface area (TPSA) is 46.6 Å². The van der Waals surface area contributed by atoms with E-state index in [0.29, 0.717) is 39.1 Å². The molecule has 13 heavy (non-hydrogen) atoms. The summed E-state index contributed by atoms with van der Waals surface area (Å²) in [7, 11) is 0. The summed E-state index contributed by atoms with van der Waals surface area (Å²) in [6.45, 7) is 2.49. The zero-order chi connectivity index (χ0) is 9.52. The molecule has 0 aliphatic carbocycles. The fourth-order valence-electron chi connectivity index (χ4n) is 1.32. The Morgan fingerprint density at radius 2 is 2.31 bits per heavy atom. The van der Waals surface area contributed by atoms with Crippen molar-refractivity contribution < 1.29 is 14.3 Å². The van der Waals surface area contributed by atoms with Gasteiger partial charge in [0.15, 0.2) is 0 Å². The minimum Gasteiger partial charge on any atom is -0.379 e. The van der Waals surface area contributed by atoms with Crippen molar-refractivity contribution in [2.45, 2.75) is 19.3 Å². The van der Waals surface area contributed by atoms with E-state index in [1.807, 2.05) is 0 Å². The fourth-order valence-corrected chi connectivity index (χ4v) is 1.32. The van der Waals surface area contributed by atoms with E-state index < -0.39 is 0 Å². The van der Waals surface area contributed by atoms with E-state index in [0.717, 1.165) is 12.7 Å². The Kier molecular flexibility index (Phi) is 4.46. The van der Waals surface area contributed by atoms with Crippen LogP contribution in [0.2, 0.25) is 0 Å². The third-order valence-electron chi connectivity index (χ3n) is 2.07. The number of hydrogen-bond acceptors (Lipinski definition) is 3. The summed E-state index contributed by atoms with van der Waals surface area (Å²) in [5.74, 6) is 0.142. The van der Waals surface area contributed by atoms with Crippen LogP contribution < -0.4 is 0 Å². The van der Waals surface area contributed by atoms with Crippen LogP contribution in [0.15, 0.2) is 0 Å². The summed E-state index contributed by atoms with van der Waals surface area (Å²) in [4.78, 5) is 23.2. The van der Waals surface area contributed by atoms with Crippen LogP contribution >= 0.6 is 0 Å². The van der Waals surface area contributed by atoms with E-state index in [-0.39, 0.29) is 5.91 Å². The molecule has 0 aromatic carbocycles. The molecule has 74 valence electrons. The number of carbonyl (C=O) groups excluding carboxylic acids is 2. The molecule has 1 rings (SSSR count). The summed E-state index contributed by atoms with van der Waals surface area (Å²) in [6.07, 6.45) is 2.65. The monoisotopic (exact) mass is 185 g/mol. The maximum atomic E-state index is 11.4. The predicted molar refractivity (Wildman–Crippen MR) is 47.3 cm³/mol. The number of rotatable bonds is 4. The van der Waals surface area contributed by atoms with Crippen LogP contribution in [0.1, 0.15) is 19.3 Å². The van der Waals surface area contributed by atoms with Gasteiger partial charge in [-0.1, -0.05) is 0 Å². The van der Waals surface area contributed by atoms with Gasteiger partial charge in [0.2, 0.25) is 5.91 Å². The van der Waals surface area contributed by atoms with E-state index >= 15 is 0 Å². The molecule has 0 spiro atoms. The van der Waals surface area contributed by atoms with Gasteiger partial charge in [0.1, 0.15) is 6.29 Å². The molecule has 1 aliphatic rings. The molecule has 4 heteroatoms. The van der Waals surface area contributed by atoms with Gasteiger partial charge in [-0.05, 0) is 6.42 Å². The highest BCUT2D eigenvalue weighted by atomic mass is 16.5. The Bertz CT molecular complexity index is 182. The van der Waals surface area contributed by atoms with Crippen LogP contribution in [-0.4, -0.2) is 43.4 Å². The van der Waals surface area contributed by atoms with Crippen molar-refractivity contribution in [3.05, 3.63) is 0 Å². The predicted octanol–water partition coefficient (Wildman–Crippen LogP) is 0.214. The Morgan fingerprint density at radius 1 is 1.46 bits per heavy atom. The molecule has 1 heterocycles. The van der Waals surface area contributed by atoms with Crippen LogP contribution in [0.25, 0.3) is 0 Å². The number of amides is 1. The molecule has 0 aromatic rings. The van der Waals surface area contributed by atoms with Crippen LogP contribution in [0.5, 0.6) is 0 Å². The van der Waals surface area contributed by atoms with E-state index in [9.17, 15) is 9.59 Å². The highest BCUT2D eigenvalue weighted by Crippen LogP contribution is 2.02. The molecule has 1 saturated heterocycles. The molecule has 1 aliphatic heterocycles. The van der Waals surface area contributed by atoms with E-state index in [1.165, 1.54) is 0 Å². The van der Waals surface area contributed by atoms with Crippen molar-refractivity contribution >= 4 is 12.2 Å². The van der Waals surface area contributed by atoms with Crippen LogP contribution in [0.3, 0.4) is 0 Å². The van der Waals surface area contributed by atoms with Gasteiger partial charge in [-0.3, -0.25) is 4.79 Å². The van der Waals surface area contributed by atoms with Gasteiger partial charge in [0, 0.05) is 19.5 Å². The van der Waals surface area contributed by atoms with Gasteiger partial charge < -0.3 is 14.4 Å². The Balaban J connectivity index is 2.27. The molecule has 0 atom stereocenters. The van der Waals surface area contributed by atoms with Gasteiger partial charge in [0.25, 0.3) is 0 Å². The molecule has 1 fully saturated rings. The number of nitrogens with zero attached hydrogens (tertiary/aromatic N) is 1. The largest absolute Gasteiger partial charge is 0.379 e. The zero-order valence-corrected chi connectivity index (χ0v) is 7.70. The third-order valence-corrected chi connectivity index (χ3v) is 2.07. The molecular formula is C9H15NO3. The highest BCUT2D eigenvalue weighted by molar-refractivity contribution is 5.76. The van der Waals surface area contributed by atoms with Crippen molar-refractivity contribution in [1.82, 2.24) is 4.90 Å². The maximum Gasteiger partial charge on any atom is 0.224 e. The number of carbonyl (C=O) groups is 2. The van der Waals surface area contributed by atoms with Crippen LogP contribution in [0.4, 0.5) is 0 Å². The fraction of sp³-hybridized carbons (Fsp3) is 0.778. The van der Waals surface area contributed by atoms with Gasteiger partial charge >= 0.3 is 0 Å². The minimum absolute atomic E-state index is 0.142. The number of hydrogen-bond donors (Lipinski definition) is 0. The smallest absolute Gasteiger partial charge is 0.224 e. The first-order chi connectivity index (χ1) is 6.34. The minimum atomic E-state index is 0.142. The average molecular weight is 185 g/mol. The number of aldehydes is 1. The lowest BCUT2D eigenvalue weighted by molar-refractivity contribution is -0.130. The molecule has 0 saturated carbocycles. The number of unbranched alkanes of at least 4 members (excludes halogenated alkanes) is 1. The Labute approximate surface area is 77.8 Å². The standard InChI is InChI=1S/C9H15NO3/c11-6-2-1-4-10-5-8-13-7-3-9(10)12/h6H,1-5,7-8H2. The quantitative estimate of drug-likeness (QED) is 0.465. The van der Waals surface area contributed by atoms with Crippen molar-refractivity contribution in [2.24, 2.45) is 0 Å². The molecular weight excluding hydrogens is 170 g/mol. The van der Waals surface area contributed by atoms with Crippen LogP contribution in [-0.2, 0) is 14.3 Å². The molecule has 0 N–H and O–H groups in total. The molecule has 0 bridgehead atoms. The highest BCUT2D eigenvalue weighted by Gasteiger charge is 2.15.